The summed E-state index contributed by atoms with van der Waals surface area (Å²) in [5.74, 6) is 0.466. The molecule has 1 fully saturated rings. The fourth-order valence-corrected chi connectivity index (χ4v) is 2.64. The smallest absolute Gasteiger partial charge is 0.311 e. The fraction of sp³-hybridized carbons (Fsp3) is 0.333. The van der Waals surface area contributed by atoms with Crippen LogP contribution in [0.15, 0.2) is 42.9 Å². The summed E-state index contributed by atoms with van der Waals surface area (Å²) in [4.78, 5) is 23.3. The molecular weight excluding hydrogens is 282 g/mol. The van der Waals surface area contributed by atoms with Crippen LogP contribution in [0.25, 0.3) is 0 Å². The molecule has 3 rings (SSSR count). The molecule has 7 heteroatoms. The highest BCUT2D eigenvalue weighted by molar-refractivity contribution is 5.57. The van der Waals surface area contributed by atoms with Crippen molar-refractivity contribution >= 4 is 11.5 Å². The van der Waals surface area contributed by atoms with Gasteiger partial charge in [0.25, 0.3) is 0 Å². The average molecular weight is 299 g/mol. The monoisotopic (exact) mass is 299 g/mol. The predicted molar refractivity (Wildman–Crippen MR) is 82.6 cm³/mol. The van der Waals surface area contributed by atoms with E-state index in [2.05, 4.69) is 20.9 Å². The molecule has 0 radical (unpaired) electrons. The molecule has 7 nitrogen and oxygen atoms in total. The van der Waals surface area contributed by atoms with Gasteiger partial charge >= 0.3 is 5.69 Å². The lowest BCUT2D eigenvalue weighted by Crippen LogP contribution is -2.46. The van der Waals surface area contributed by atoms with Crippen molar-refractivity contribution < 1.29 is 4.92 Å². The topological polar surface area (TPSA) is 75.4 Å². The van der Waals surface area contributed by atoms with Crippen LogP contribution in [0.5, 0.6) is 0 Å². The van der Waals surface area contributed by atoms with Crippen LogP contribution in [-0.4, -0.2) is 46.0 Å². The van der Waals surface area contributed by atoms with E-state index in [0.29, 0.717) is 5.82 Å². The van der Waals surface area contributed by atoms with Gasteiger partial charge in [-0.25, -0.2) is 4.98 Å². The molecule has 0 aliphatic carbocycles. The van der Waals surface area contributed by atoms with Crippen molar-refractivity contribution in [1.82, 2.24) is 14.9 Å². The van der Waals surface area contributed by atoms with Gasteiger partial charge in [-0.3, -0.25) is 20.0 Å². The van der Waals surface area contributed by atoms with Gasteiger partial charge in [0.2, 0.25) is 5.82 Å². The van der Waals surface area contributed by atoms with Gasteiger partial charge in [0.15, 0.2) is 0 Å². The summed E-state index contributed by atoms with van der Waals surface area (Å²) in [6.45, 7) is 4.02. The van der Waals surface area contributed by atoms with E-state index in [9.17, 15) is 10.1 Å². The second-order valence-corrected chi connectivity index (χ2v) is 5.23. The summed E-state index contributed by atoms with van der Waals surface area (Å²) in [7, 11) is 0. The first kappa shape index (κ1) is 14.4. The van der Waals surface area contributed by atoms with E-state index in [1.165, 1.54) is 11.6 Å². The van der Waals surface area contributed by atoms with Gasteiger partial charge in [0.1, 0.15) is 0 Å². The Morgan fingerprint density at radius 2 is 1.91 bits per heavy atom. The van der Waals surface area contributed by atoms with Gasteiger partial charge in [-0.05, 0) is 17.7 Å². The van der Waals surface area contributed by atoms with Gasteiger partial charge in [-0.1, -0.05) is 6.07 Å². The van der Waals surface area contributed by atoms with E-state index >= 15 is 0 Å². The Labute approximate surface area is 128 Å². The largest absolute Gasteiger partial charge is 0.348 e. The maximum atomic E-state index is 11.1. The van der Waals surface area contributed by atoms with Gasteiger partial charge in [0.05, 0.1) is 4.92 Å². The third-order valence-corrected chi connectivity index (χ3v) is 3.76. The molecule has 0 unspecified atom stereocenters. The summed E-state index contributed by atoms with van der Waals surface area (Å²) in [5.41, 5.74) is 1.25. The van der Waals surface area contributed by atoms with Crippen LogP contribution in [-0.2, 0) is 6.54 Å². The molecule has 0 spiro atoms. The van der Waals surface area contributed by atoms with E-state index in [1.54, 1.807) is 18.5 Å². The number of rotatable bonds is 4. The Bertz CT molecular complexity index is 641. The Morgan fingerprint density at radius 1 is 1.14 bits per heavy atom. The van der Waals surface area contributed by atoms with Crippen LogP contribution in [0.2, 0.25) is 0 Å². The molecule has 114 valence electrons. The fourth-order valence-electron chi connectivity index (χ4n) is 2.64. The molecule has 0 aromatic carbocycles. The first-order valence-electron chi connectivity index (χ1n) is 7.19. The number of nitrogens with zero attached hydrogens (tertiary/aromatic N) is 5. The summed E-state index contributed by atoms with van der Waals surface area (Å²) in [6.07, 6.45) is 5.24. The summed E-state index contributed by atoms with van der Waals surface area (Å²) in [5, 5.41) is 11.1. The molecule has 22 heavy (non-hydrogen) atoms. The number of pyridine rings is 2. The van der Waals surface area contributed by atoms with E-state index in [4.69, 9.17) is 0 Å². The predicted octanol–water partition coefficient (Wildman–Crippen LogP) is 1.71. The van der Waals surface area contributed by atoms with Crippen LogP contribution >= 0.6 is 0 Å². The van der Waals surface area contributed by atoms with Gasteiger partial charge in [-0.15, -0.1) is 0 Å². The minimum absolute atomic E-state index is 0.0724. The number of nitro groups is 1. The molecule has 1 aliphatic heterocycles. The Morgan fingerprint density at radius 3 is 2.59 bits per heavy atom. The van der Waals surface area contributed by atoms with E-state index in [1.807, 2.05) is 17.2 Å². The van der Waals surface area contributed by atoms with Crippen LogP contribution in [0.1, 0.15) is 5.56 Å². The van der Waals surface area contributed by atoms with Crippen molar-refractivity contribution in [3.63, 3.8) is 0 Å². The van der Waals surface area contributed by atoms with Crippen molar-refractivity contribution in [3.8, 4) is 0 Å². The van der Waals surface area contributed by atoms with Crippen molar-refractivity contribution in [2.45, 2.75) is 6.54 Å². The third kappa shape index (κ3) is 3.20. The van der Waals surface area contributed by atoms with Gasteiger partial charge in [0, 0.05) is 57.4 Å². The third-order valence-electron chi connectivity index (χ3n) is 3.76. The maximum absolute atomic E-state index is 11.1. The number of anilines is 1. The quantitative estimate of drug-likeness (QED) is 0.632. The molecular formula is C15H17N5O2. The van der Waals surface area contributed by atoms with E-state index < -0.39 is 0 Å². The lowest BCUT2D eigenvalue weighted by atomic mass is 10.2. The molecule has 3 heterocycles. The minimum atomic E-state index is -0.371. The van der Waals surface area contributed by atoms with Crippen molar-refractivity contribution in [1.29, 1.82) is 0 Å². The van der Waals surface area contributed by atoms with Gasteiger partial charge < -0.3 is 4.90 Å². The number of piperazine rings is 1. The molecule has 1 saturated heterocycles. The zero-order chi connectivity index (χ0) is 15.4. The highest BCUT2D eigenvalue weighted by Gasteiger charge is 2.24. The average Bonchev–Trinajstić information content (AvgIpc) is 2.56. The zero-order valence-corrected chi connectivity index (χ0v) is 12.1. The second-order valence-electron chi connectivity index (χ2n) is 5.23. The SMILES string of the molecule is O=[N+]([O-])c1cccnc1N1CCN(Cc2cccnc2)CC1. The second kappa shape index (κ2) is 6.48. The number of hydrogen-bond donors (Lipinski definition) is 0. The zero-order valence-electron chi connectivity index (χ0n) is 12.1. The van der Waals surface area contributed by atoms with Crippen molar-refractivity contribution in [3.05, 3.63) is 58.5 Å². The van der Waals surface area contributed by atoms with Crippen LogP contribution in [0.4, 0.5) is 11.5 Å². The standard InChI is InChI=1S/C15H17N5O2/c21-20(22)14-4-2-6-17-15(14)19-9-7-18(8-10-19)12-13-3-1-5-16-11-13/h1-6,11H,7-10,12H2. The maximum Gasteiger partial charge on any atom is 0.311 e. The lowest BCUT2D eigenvalue weighted by Gasteiger charge is -2.35. The van der Waals surface area contributed by atoms with E-state index in [-0.39, 0.29) is 10.6 Å². The molecule has 0 amide bonds. The molecule has 2 aromatic heterocycles. The van der Waals surface area contributed by atoms with Crippen molar-refractivity contribution in [2.24, 2.45) is 0 Å². The molecule has 0 saturated carbocycles. The summed E-state index contributed by atoms with van der Waals surface area (Å²) >= 11 is 0. The molecule has 1 aliphatic rings. The van der Waals surface area contributed by atoms with Crippen LogP contribution in [0, 0.1) is 10.1 Å². The normalized spacial score (nSPS) is 15.7. The first-order chi connectivity index (χ1) is 10.7. The molecule has 0 N–H and O–H groups in total. The Kier molecular flexibility index (Phi) is 4.24. The van der Waals surface area contributed by atoms with Crippen LogP contribution < -0.4 is 4.90 Å². The first-order valence-corrected chi connectivity index (χ1v) is 7.19. The Balaban J connectivity index is 1.64. The number of aromatic nitrogens is 2. The number of hydrogen-bond acceptors (Lipinski definition) is 6. The highest BCUT2D eigenvalue weighted by Crippen LogP contribution is 2.25. The van der Waals surface area contributed by atoms with E-state index in [0.717, 1.165) is 32.7 Å². The molecule has 0 bridgehead atoms. The minimum Gasteiger partial charge on any atom is -0.348 e. The Hall–Kier alpha value is -2.54. The van der Waals surface area contributed by atoms with Crippen LogP contribution in [0.3, 0.4) is 0 Å². The summed E-state index contributed by atoms with van der Waals surface area (Å²) < 4.78 is 0. The molecule has 0 atom stereocenters. The summed E-state index contributed by atoms with van der Waals surface area (Å²) in [6, 6.07) is 7.09. The highest BCUT2D eigenvalue weighted by atomic mass is 16.6. The van der Waals surface area contributed by atoms with Gasteiger partial charge in [-0.2, -0.15) is 0 Å². The van der Waals surface area contributed by atoms with Crippen molar-refractivity contribution in [2.75, 3.05) is 31.1 Å². The molecule has 2 aromatic rings. The lowest BCUT2D eigenvalue weighted by molar-refractivity contribution is -0.384.